The average molecular weight is 462 g/mol. The second kappa shape index (κ2) is 8.24. The van der Waals surface area contributed by atoms with Crippen LogP contribution >= 0.6 is 0 Å². The third kappa shape index (κ3) is 3.50. The highest BCUT2D eigenvalue weighted by molar-refractivity contribution is 5.99. The topological polar surface area (TPSA) is 80.1 Å². The maximum absolute atomic E-state index is 14.2. The first-order chi connectivity index (χ1) is 16.5. The van der Waals surface area contributed by atoms with Crippen molar-refractivity contribution < 1.29 is 19.0 Å². The van der Waals surface area contributed by atoms with E-state index < -0.39 is 5.97 Å². The number of aryl methyl sites for hydroxylation is 1. The van der Waals surface area contributed by atoms with Gasteiger partial charge in [-0.3, -0.25) is 9.89 Å². The van der Waals surface area contributed by atoms with Gasteiger partial charge in [0.1, 0.15) is 5.82 Å². The summed E-state index contributed by atoms with van der Waals surface area (Å²) >= 11 is 0. The van der Waals surface area contributed by atoms with Crippen molar-refractivity contribution in [2.75, 3.05) is 13.2 Å². The molecule has 2 aromatic carbocycles. The Labute approximate surface area is 196 Å². The van der Waals surface area contributed by atoms with E-state index in [2.05, 4.69) is 26.9 Å². The molecule has 0 radical (unpaired) electrons. The standard InChI is InChI=1S/C27H28FN3O3/c1-15-8-20(2-3-22(15)28)31-24-12-19-14-29-30-23(19)13-21(24)26(18-9-16(10-18)11-25(32)33)27(31)17-4-6-34-7-5-17/h2-3,8,12-14,16-18H,4-7,9-11H2,1H3,(H,29,30)(H,32,33). The summed E-state index contributed by atoms with van der Waals surface area (Å²) in [7, 11) is 0. The lowest BCUT2D eigenvalue weighted by molar-refractivity contribution is -0.138. The van der Waals surface area contributed by atoms with Crippen molar-refractivity contribution in [2.45, 2.75) is 50.9 Å². The maximum Gasteiger partial charge on any atom is 0.303 e. The van der Waals surface area contributed by atoms with Crippen LogP contribution < -0.4 is 0 Å². The van der Waals surface area contributed by atoms with E-state index in [-0.39, 0.29) is 18.2 Å². The Kier molecular flexibility index (Phi) is 5.17. The number of nitrogens with zero attached hydrogens (tertiary/aromatic N) is 2. The van der Waals surface area contributed by atoms with Gasteiger partial charge in [-0.25, -0.2) is 4.39 Å². The number of aliphatic carboxylic acids is 1. The molecule has 6 nitrogen and oxygen atoms in total. The van der Waals surface area contributed by atoms with Crippen LogP contribution in [0.1, 0.15) is 60.8 Å². The Morgan fingerprint density at radius 2 is 2.00 bits per heavy atom. The van der Waals surface area contributed by atoms with Crippen molar-refractivity contribution >= 4 is 27.8 Å². The number of nitrogens with one attached hydrogen (secondary N) is 1. The molecule has 1 saturated carbocycles. The Morgan fingerprint density at radius 3 is 2.74 bits per heavy atom. The molecule has 0 amide bonds. The highest BCUT2D eigenvalue weighted by Crippen LogP contribution is 2.51. The van der Waals surface area contributed by atoms with Crippen LogP contribution in [0.5, 0.6) is 0 Å². The van der Waals surface area contributed by atoms with Crippen LogP contribution in [0.2, 0.25) is 0 Å². The normalized spacial score (nSPS) is 21.2. The molecule has 0 atom stereocenters. The van der Waals surface area contributed by atoms with Crippen molar-refractivity contribution in [3.63, 3.8) is 0 Å². The first-order valence-electron chi connectivity index (χ1n) is 12.1. The van der Waals surface area contributed by atoms with Gasteiger partial charge >= 0.3 is 5.97 Å². The summed E-state index contributed by atoms with van der Waals surface area (Å²) in [6.07, 6.45) is 5.70. The molecule has 6 rings (SSSR count). The molecule has 2 fully saturated rings. The first-order valence-corrected chi connectivity index (χ1v) is 12.1. The summed E-state index contributed by atoms with van der Waals surface area (Å²) in [5.41, 5.74) is 6.26. The Morgan fingerprint density at radius 1 is 1.21 bits per heavy atom. The largest absolute Gasteiger partial charge is 0.481 e. The van der Waals surface area contributed by atoms with Gasteiger partial charge < -0.3 is 14.4 Å². The molecule has 1 saturated heterocycles. The van der Waals surface area contributed by atoms with Crippen molar-refractivity contribution in [1.82, 2.24) is 14.8 Å². The summed E-state index contributed by atoms with van der Waals surface area (Å²) in [6, 6.07) is 9.70. The zero-order chi connectivity index (χ0) is 23.4. The minimum atomic E-state index is -0.725. The predicted molar refractivity (Wildman–Crippen MR) is 128 cm³/mol. The Balaban J connectivity index is 1.60. The minimum absolute atomic E-state index is 0.208. The lowest BCUT2D eigenvalue weighted by Crippen LogP contribution is -2.26. The van der Waals surface area contributed by atoms with E-state index in [1.807, 2.05) is 18.3 Å². The number of carboxylic acids is 1. The van der Waals surface area contributed by atoms with Gasteiger partial charge in [0.25, 0.3) is 0 Å². The number of halogens is 1. The van der Waals surface area contributed by atoms with Gasteiger partial charge in [-0.2, -0.15) is 5.10 Å². The smallest absolute Gasteiger partial charge is 0.303 e. The summed E-state index contributed by atoms with van der Waals surface area (Å²) in [5, 5.41) is 18.8. The third-order valence-corrected chi connectivity index (χ3v) is 7.72. The number of H-pyrrole nitrogens is 1. The zero-order valence-electron chi connectivity index (χ0n) is 19.2. The molecule has 34 heavy (non-hydrogen) atoms. The first kappa shape index (κ1) is 21.4. The summed E-state index contributed by atoms with van der Waals surface area (Å²) in [6.45, 7) is 3.26. The highest BCUT2D eigenvalue weighted by Gasteiger charge is 2.38. The summed E-state index contributed by atoms with van der Waals surface area (Å²) in [5.74, 6) is -0.0750. The zero-order valence-corrected chi connectivity index (χ0v) is 19.2. The number of ether oxygens (including phenoxy) is 1. The van der Waals surface area contributed by atoms with Gasteiger partial charge in [0.15, 0.2) is 0 Å². The lowest BCUT2D eigenvalue weighted by atomic mass is 9.68. The SMILES string of the molecule is Cc1cc(-n2c(C3CCOCC3)c(C3CC(CC(=O)O)C3)c3cc4[nH]ncc4cc32)ccc1F. The fraction of sp³-hybridized carbons (Fsp3) is 0.407. The molecule has 0 spiro atoms. The monoisotopic (exact) mass is 461 g/mol. The minimum Gasteiger partial charge on any atom is -0.481 e. The number of aromatic nitrogens is 3. The van der Waals surface area contributed by atoms with Gasteiger partial charge in [-0.15, -0.1) is 0 Å². The summed E-state index contributed by atoms with van der Waals surface area (Å²) < 4.78 is 22.2. The maximum atomic E-state index is 14.2. The van der Waals surface area contributed by atoms with Crippen LogP contribution in [0.4, 0.5) is 4.39 Å². The molecule has 2 aromatic heterocycles. The molecule has 3 heterocycles. The second-order valence-corrected chi connectivity index (χ2v) is 9.91. The predicted octanol–water partition coefficient (Wildman–Crippen LogP) is 5.82. The summed E-state index contributed by atoms with van der Waals surface area (Å²) in [4.78, 5) is 11.3. The Hall–Kier alpha value is -3.19. The quantitative estimate of drug-likeness (QED) is 0.393. The number of rotatable bonds is 5. The van der Waals surface area contributed by atoms with Gasteiger partial charge in [-0.1, -0.05) is 0 Å². The van der Waals surface area contributed by atoms with E-state index in [4.69, 9.17) is 4.74 Å². The van der Waals surface area contributed by atoms with E-state index in [1.165, 1.54) is 16.6 Å². The number of hydrogen-bond donors (Lipinski definition) is 2. The van der Waals surface area contributed by atoms with E-state index in [9.17, 15) is 14.3 Å². The average Bonchev–Trinajstić information content (AvgIpc) is 3.38. The molecule has 2 aliphatic rings. The number of hydrogen-bond acceptors (Lipinski definition) is 3. The molecule has 0 unspecified atom stereocenters. The van der Waals surface area contributed by atoms with Crippen LogP contribution in [0, 0.1) is 18.7 Å². The fourth-order valence-electron chi connectivity index (χ4n) is 6.00. The lowest BCUT2D eigenvalue weighted by Gasteiger charge is -2.37. The van der Waals surface area contributed by atoms with Gasteiger partial charge in [0, 0.05) is 47.7 Å². The van der Waals surface area contributed by atoms with Crippen molar-refractivity contribution in [1.29, 1.82) is 0 Å². The van der Waals surface area contributed by atoms with E-state index >= 15 is 0 Å². The van der Waals surface area contributed by atoms with E-state index in [1.54, 1.807) is 13.0 Å². The van der Waals surface area contributed by atoms with Crippen molar-refractivity contribution in [2.24, 2.45) is 5.92 Å². The van der Waals surface area contributed by atoms with Gasteiger partial charge in [0.2, 0.25) is 0 Å². The van der Waals surface area contributed by atoms with E-state index in [0.717, 1.165) is 61.0 Å². The van der Waals surface area contributed by atoms with Crippen molar-refractivity contribution in [3.05, 3.63) is 59.2 Å². The van der Waals surface area contributed by atoms with E-state index in [0.29, 0.717) is 17.4 Å². The van der Waals surface area contributed by atoms with Crippen LogP contribution in [-0.4, -0.2) is 39.1 Å². The molecule has 1 aliphatic heterocycles. The number of carbonyl (C=O) groups is 1. The number of fused-ring (bicyclic) bond motifs is 2. The second-order valence-electron chi connectivity index (χ2n) is 9.91. The molecule has 7 heteroatoms. The molecular formula is C27H28FN3O3. The van der Waals surface area contributed by atoms with Crippen LogP contribution in [0.25, 0.3) is 27.5 Å². The molecule has 2 N–H and O–H groups in total. The molecule has 176 valence electrons. The van der Waals surface area contributed by atoms with Crippen molar-refractivity contribution in [3.8, 4) is 5.69 Å². The number of carboxylic acid groups (broad SMARTS) is 1. The van der Waals surface area contributed by atoms with Crippen LogP contribution in [0.15, 0.2) is 36.5 Å². The van der Waals surface area contributed by atoms with Crippen LogP contribution in [0.3, 0.4) is 0 Å². The number of benzene rings is 2. The van der Waals surface area contributed by atoms with Gasteiger partial charge in [0.05, 0.1) is 17.2 Å². The molecular weight excluding hydrogens is 433 g/mol. The number of aromatic amines is 1. The molecule has 4 aromatic rings. The van der Waals surface area contributed by atoms with Crippen LogP contribution in [-0.2, 0) is 9.53 Å². The fourth-order valence-corrected chi connectivity index (χ4v) is 6.00. The molecule has 1 aliphatic carbocycles. The van der Waals surface area contributed by atoms with Gasteiger partial charge in [-0.05, 0) is 85.9 Å². The third-order valence-electron chi connectivity index (χ3n) is 7.72. The Bertz CT molecular complexity index is 1390. The molecule has 0 bridgehead atoms. The highest BCUT2D eigenvalue weighted by atomic mass is 19.1.